The first-order valence-corrected chi connectivity index (χ1v) is 8.95. The average molecular weight is 355 g/mol. The summed E-state index contributed by atoms with van der Waals surface area (Å²) in [5.74, 6) is 1.24. The second-order valence-corrected chi connectivity index (χ2v) is 6.51. The highest BCUT2D eigenvalue weighted by Crippen LogP contribution is 2.21. The summed E-state index contributed by atoms with van der Waals surface area (Å²) in [6, 6.07) is 13.2. The van der Waals surface area contributed by atoms with Crippen LogP contribution < -0.4 is 14.8 Å². The van der Waals surface area contributed by atoms with Crippen LogP contribution in [0.5, 0.6) is 11.5 Å². The van der Waals surface area contributed by atoms with Crippen LogP contribution in [0.25, 0.3) is 0 Å². The average Bonchev–Trinajstić information content (AvgIpc) is 3.15. The molecule has 0 saturated carbocycles. The highest BCUT2D eigenvalue weighted by Gasteiger charge is 2.16. The number of hydrogen-bond donors (Lipinski definition) is 1. The van der Waals surface area contributed by atoms with Crippen molar-refractivity contribution >= 4 is 11.6 Å². The van der Waals surface area contributed by atoms with Gasteiger partial charge in [0.2, 0.25) is 0 Å². The molecule has 1 fully saturated rings. The number of hydrogen-bond acceptors (Lipinski definition) is 4. The van der Waals surface area contributed by atoms with Crippen molar-refractivity contribution in [3.63, 3.8) is 0 Å². The minimum absolute atomic E-state index is 0.0364. The van der Waals surface area contributed by atoms with E-state index < -0.39 is 0 Å². The fraction of sp³-hybridized carbons (Fsp3) is 0.381. The number of anilines is 1. The van der Waals surface area contributed by atoms with Crippen molar-refractivity contribution in [3.8, 4) is 11.5 Å². The van der Waals surface area contributed by atoms with Gasteiger partial charge in [-0.15, -0.1) is 0 Å². The number of carbonyl (C=O) groups is 1. The Labute approximate surface area is 154 Å². The second kappa shape index (κ2) is 8.72. The van der Waals surface area contributed by atoms with Crippen LogP contribution in [0.1, 0.15) is 24.0 Å². The molecule has 1 N–H and O–H groups in total. The fourth-order valence-electron chi connectivity index (χ4n) is 2.85. The van der Waals surface area contributed by atoms with E-state index in [9.17, 15) is 4.79 Å². The van der Waals surface area contributed by atoms with Crippen LogP contribution in [-0.4, -0.2) is 31.8 Å². The number of carbonyl (C=O) groups excluding carboxylic acids is 1. The van der Waals surface area contributed by atoms with Gasteiger partial charge in [0.05, 0.1) is 6.10 Å². The van der Waals surface area contributed by atoms with E-state index in [2.05, 4.69) is 5.32 Å². The third-order valence-electron chi connectivity index (χ3n) is 4.49. The van der Waals surface area contributed by atoms with Crippen LogP contribution in [0.2, 0.25) is 0 Å². The first-order chi connectivity index (χ1) is 12.6. The molecule has 26 heavy (non-hydrogen) atoms. The standard InChI is InChI=1S/C21H25NO4/c1-15-6-3-10-20(16(15)2)26-14-21(23)22-17-7-4-8-18(12-17)25-13-19-9-5-11-24-19/h3-4,6-8,10,12,19H,5,9,11,13-14H2,1-2H3,(H,22,23). The van der Waals surface area contributed by atoms with Gasteiger partial charge in [0.1, 0.15) is 18.1 Å². The van der Waals surface area contributed by atoms with Crippen molar-refractivity contribution < 1.29 is 19.0 Å². The van der Waals surface area contributed by atoms with Gasteiger partial charge in [-0.25, -0.2) is 0 Å². The molecule has 2 aromatic carbocycles. The third-order valence-corrected chi connectivity index (χ3v) is 4.49. The molecule has 0 aromatic heterocycles. The van der Waals surface area contributed by atoms with Gasteiger partial charge in [0.15, 0.2) is 6.61 Å². The summed E-state index contributed by atoms with van der Waals surface area (Å²) in [7, 11) is 0. The lowest BCUT2D eigenvalue weighted by Crippen LogP contribution is -2.20. The van der Waals surface area contributed by atoms with Crippen molar-refractivity contribution in [1.82, 2.24) is 0 Å². The summed E-state index contributed by atoms with van der Waals surface area (Å²) >= 11 is 0. The van der Waals surface area contributed by atoms with E-state index in [4.69, 9.17) is 14.2 Å². The molecule has 1 saturated heterocycles. The highest BCUT2D eigenvalue weighted by atomic mass is 16.5. The molecule has 3 rings (SSSR count). The largest absolute Gasteiger partial charge is 0.491 e. The van der Waals surface area contributed by atoms with Crippen LogP contribution in [0.4, 0.5) is 5.69 Å². The van der Waals surface area contributed by atoms with Crippen LogP contribution in [0, 0.1) is 13.8 Å². The van der Waals surface area contributed by atoms with Crippen LogP contribution >= 0.6 is 0 Å². The number of nitrogens with one attached hydrogen (secondary N) is 1. The zero-order valence-electron chi connectivity index (χ0n) is 15.3. The Hall–Kier alpha value is -2.53. The quantitative estimate of drug-likeness (QED) is 0.819. The highest BCUT2D eigenvalue weighted by molar-refractivity contribution is 5.92. The van der Waals surface area contributed by atoms with Gasteiger partial charge in [-0.05, 0) is 56.0 Å². The first-order valence-electron chi connectivity index (χ1n) is 8.95. The lowest BCUT2D eigenvalue weighted by Gasteiger charge is -2.13. The lowest BCUT2D eigenvalue weighted by molar-refractivity contribution is -0.118. The molecule has 1 atom stereocenters. The summed E-state index contributed by atoms with van der Waals surface area (Å²) in [5, 5.41) is 2.84. The molecule has 1 aliphatic heterocycles. The summed E-state index contributed by atoms with van der Waals surface area (Å²) in [4.78, 5) is 12.2. The zero-order valence-corrected chi connectivity index (χ0v) is 15.3. The molecular weight excluding hydrogens is 330 g/mol. The smallest absolute Gasteiger partial charge is 0.262 e. The van der Waals surface area contributed by atoms with Gasteiger partial charge in [-0.3, -0.25) is 4.79 Å². The Morgan fingerprint density at radius 1 is 1.19 bits per heavy atom. The molecule has 138 valence electrons. The number of aryl methyl sites for hydroxylation is 1. The fourth-order valence-corrected chi connectivity index (χ4v) is 2.85. The number of ether oxygens (including phenoxy) is 3. The van der Waals surface area contributed by atoms with E-state index in [0.29, 0.717) is 18.0 Å². The van der Waals surface area contributed by atoms with E-state index in [0.717, 1.165) is 36.3 Å². The molecule has 1 amide bonds. The van der Waals surface area contributed by atoms with Gasteiger partial charge in [0.25, 0.3) is 5.91 Å². The number of benzene rings is 2. The molecule has 0 aliphatic carbocycles. The van der Waals surface area contributed by atoms with E-state index in [-0.39, 0.29) is 18.6 Å². The van der Waals surface area contributed by atoms with E-state index in [1.165, 1.54) is 0 Å². The lowest BCUT2D eigenvalue weighted by atomic mass is 10.1. The number of amides is 1. The topological polar surface area (TPSA) is 56.8 Å². The van der Waals surface area contributed by atoms with Crippen molar-refractivity contribution in [3.05, 3.63) is 53.6 Å². The van der Waals surface area contributed by atoms with Crippen molar-refractivity contribution in [1.29, 1.82) is 0 Å². The van der Waals surface area contributed by atoms with Crippen LogP contribution in [0.15, 0.2) is 42.5 Å². The summed E-state index contributed by atoms with van der Waals surface area (Å²) in [6.07, 6.45) is 2.29. The molecule has 1 heterocycles. The molecule has 5 nitrogen and oxygen atoms in total. The van der Waals surface area contributed by atoms with Crippen molar-refractivity contribution in [2.45, 2.75) is 32.8 Å². The Morgan fingerprint density at radius 2 is 2.04 bits per heavy atom. The molecule has 1 unspecified atom stereocenters. The van der Waals surface area contributed by atoms with Crippen LogP contribution in [0.3, 0.4) is 0 Å². The second-order valence-electron chi connectivity index (χ2n) is 6.51. The van der Waals surface area contributed by atoms with Crippen molar-refractivity contribution in [2.24, 2.45) is 0 Å². The predicted molar refractivity (Wildman–Crippen MR) is 101 cm³/mol. The molecule has 0 spiro atoms. The maximum Gasteiger partial charge on any atom is 0.262 e. The maximum atomic E-state index is 12.2. The molecule has 0 radical (unpaired) electrons. The Bertz CT molecular complexity index is 753. The molecule has 5 heteroatoms. The van der Waals surface area contributed by atoms with Crippen molar-refractivity contribution in [2.75, 3.05) is 25.1 Å². The first kappa shape index (κ1) is 18.3. The zero-order chi connectivity index (χ0) is 18.4. The monoisotopic (exact) mass is 355 g/mol. The summed E-state index contributed by atoms with van der Waals surface area (Å²) in [5.41, 5.74) is 2.87. The van der Waals surface area contributed by atoms with Gasteiger partial charge >= 0.3 is 0 Å². The minimum Gasteiger partial charge on any atom is -0.491 e. The van der Waals surface area contributed by atoms with Gasteiger partial charge < -0.3 is 19.5 Å². The van der Waals surface area contributed by atoms with E-state index >= 15 is 0 Å². The number of rotatable bonds is 7. The SMILES string of the molecule is Cc1cccc(OCC(=O)Nc2cccc(OCC3CCCO3)c2)c1C. The molecule has 1 aliphatic rings. The third kappa shape index (κ3) is 4.99. The maximum absolute atomic E-state index is 12.2. The summed E-state index contributed by atoms with van der Waals surface area (Å²) in [6.45, 7) is 5.31. The Balaban J connectivity index is 1.50. The summed E-state index contributed by atoms with van der Waals surface area (Å²) < 4.78 is 17.0. The van der Waals surface area contributed by atoms with E-state index in [1.54, 1.807) is 0 Å². The molecule has 0 bridgehead atoms. The van der Waals surface area contributed by atoms with Gasteiger partial charge in [-0.1, -0.05) is 18.2 Å². The predicted octanol–water partition coefficient (Wildman–Crippen LogP) is 3.88. The van der Waals surface area contributed by atoms with Crippen LogP contribution in [-0.2, 0) is 9.53 Å². The van der Waals surface area contributed by atoms with Gasteiger partial charge in [-0.2, -0.15) is 0 Å². The Morgan fingerprint density at radius 3 is 2.85 bits per heavy atom. The normalized spacial score (nSPS) is 16.3. The van der Waals surface area contributed by atoms with Gasteiger partial charge in [0, 0.05) is 18.4 Å². The molecular formula is C21H25NO4. The Kier molecular flexibility index (Phi) is 6.12. The minimum atomic E-state index is -0.206. The molecule has 2 aromatic rings. The van der Waals surface area contributed by atoms with E-state index in [1.807, 2.05) is 56.3 Å².